The summed E-state index contributed by atoms with van der Waals surface area (Å²) in [5.74, 6) is 2.17. The molecule has 0 saturated carbocycles. The minimum atomic E-state index is -3.70. The van der Waals surface area contributed by atoms with Gasteiger partial charge in [0.1, 0.15) is 6.04 Å². The molecule has 0 amide bonds. The third-order valence-electron chi connectivity index (χ3n) is 2.71. The molecule has 1 rings (SSSR count). The highest BCUT2D eigenvalue weighted by molar-refractivity contribution is 7.89. The van der Waals surface area contributed by atoms with Crippen molar-refractivity contribution < 1.29 is 13.5 Å². The number of hydrogen-bond acceptors (Lipinski definition) is 3. The topological polar surface area (TPSA) is 66.4 Å². The number of aliphatic hydroxyl groups is 1. The van der Waals surface area contributed by atoms with E-state index in [2.05, 4.69) is 31.4 Å². The zero-order valence-corrected chi connectivity index (χ0v) is 12.2. The molecule has 0 heterocycles. The summed E-state index contributed by atoms with van der Waals surface area (Å²) < 4.78 is 26.3. The van der Waals surface area contributed by atoms with Gasteiger partial charge in [-0.25, -0.2) is 8.42 Å². The van der Waals surface area contributed by atoms with Crippen LogP contribution in [0.3, 0.4) is 0 Å². The van der Waals surface area contributed by atoms with Gasteiger partial charge in [0, 0.05) is 0 Å². The molecule has 0 spiro atoms. The van der Waals surface area contributed by atoms with E-state index >= 15 is 0 Å². The average Bonchev–Trinajstić information content (AvgIpc) is 2.35. The van der Waals surface area contributed by atoms with E-state index in [1.165, 1.54) is 12.1 Å². The number of hydrogen-bond donors (Lipinski definition) is 2. The van der Waals surface area contributed by atoms with Gasteiger partial charge in [-0.3, -0.25) is 0 Å². The molecule has 19 heavy (non-hydrogen) atoms. The van der Waals surface area contributed by atoms with Gasteiger partial charge in [-0.2, -0.15) is 4.72 Å². The van der Waals surface area contributed by atoms with Crippen LogP contribution in [0.25, 0.3) is 0 Å². The van der Waals surface area contributed by atoms with Crippen molar-refractivity contribution in [1.82, 2.24) is 4.72 Å². The van der Waals surface area contributed by atoms with Crippen LogP contribution in [0.2, 0.25) is 0 Å². The molecule has 0 aliphatic heterocycles. The van der Waals surface area contributed by atoms with E-state index in [1.54, 1.807) is 12.1 Å². The highest BCUT2D eigenvalue weighted by Gasteiger charge is 2.19. The molecule has 0 radical (unpaired) electrons. The van der Waals surface area contributed by atoms with E-state index in [0.29, 0.717) is 0 Å². The van der Waals surface area contributed by atoms with Crippen molar-refractivity contribution in [2.45, 2.75) is 37.1 Å². The molecule has 0 bridgehead atoms. The first-order valence-electron chi connectivity index (χ1n) is 5.90. The van der Waals surface area contributed by atoms with Crippen LogP contribution < -0.4 is 4.72 Å². The average molecular weight is 281 g/mol. The Morgan fingerprint density at radius 3 is 2.21 bits per heavy atom. The number of nitrogens with one attached hydrogen (secondary N) is 1. The maximum atomic E-state index is 12.0. The summed E-state index contributed by atoms with van der Waals surface area (Å²) in [6.45, 7) is 5.72. The summed E-state index contributed by atoms with van der Waals surface area (Å²) in [6.07, 6.45) is 5.11. The number of terminal acetylenes is 1. The van der Waals surface area contributed by atoms with E-state index in [9.17, 15) is 8.42 Å². The normalized spacial score (nSPS) is 13.8. The fraction of sp³-hybridized carbons (Fsp3) is 0.429. The van der Waals surface area contributed by atoms with Crippen LogP contribution in [0.15, 0.2) is 29.2 Å². The Bertz CT molecular complexity index is 562. The number of sulfonamides is 1. The molecular weight excluding hydrogens is 262 g/mol. The minimum Gasteiger partial charge on any atom is -0.394 e. The van der Waals surface area contributed by atoms with Crippen molar-refractivity contribution in [3.63, 3.8) is 0 Å². The summed E-state index contributed by atoms with van der Waals surface area (Å²) in [6, 6.07) is 5.71. The molecule has 0 unspecified atom stereocenters. The Morgan fingerprint density at radius 1 is 1.32 bits per heavy atom. The lowest BCUT2D eigenvalue weighted by molar-refractivity contribution is 0.280. The molecule has 0 aliphatic rings. The van der Waals surface area contributed by atoms with Crippen molar-refractivity contribution in [1.29, 1.82) is 0 Å². The van der Waals surface area contributed by atoms with Crippen molar-refractivity contribution in [3.8, 4) is 12.3 Å². The van der Waals surface area contributed by atoms with Gasteiger partial charge >= 0.3 is 0 Å². The van der Waals surface area contributed by atoms with Crippen molar-refractivity contribution in [3.05, 3.63) is 29.8 Å². The van der Waals surface area contributed by atoms with Gasteiger partial charge in [0.05, 0.1) is 11.5 Å². The maximum Gasteiger partial charge on any atom is 0.241 e. The lowest BCUT2D eigenvalue weighted by Gasteiger charge is -2.19. The molecule has 0 aromatic heterocycles. The maximum absolute atomic E-state index is 12.0. The zero-order chi connectivity index (χ0) is 14.7. The molecular formula is C14H19NO3S. The highest BCUT2D eigenvalue weighted by atomic mass is 32.2. The van der Waals surface area contributed by atoms with Gasteiger partial charge in [0.25, 0.3) is 0 Å². The van der Waals surface area contributed by atoms with Gasteiger partial charge in [-0.15, -0.1) is 6.42 Å². The summed E-state index contributed by atoms with van der Waals surface area (Å²) >= 11 is 0. The highest BCUT2D eigenvalue weighted by Crippen LogP contribution is 2.23. The van der Waals surface area contributed by atoms with Gasteiger partial charge in [-0.1, -0.05) is 38.8 Å². The summed E-state index contributed by atoms with van der Waals surface area (Å²) in [7, 11) is -3.70. The van der Waals surface area contributed by atoms with Crippen LogP contribution in [-0.2, 0) is 15.4 Å². The minimum absolute atomic E-state index is 0.0395. The molecule has 1 aromatic rings. The van der Waals surface area contributed by atoms with Crippen LogP contribution >= 0.6 is 0 Å². The molecule has 1 aromatic carbocycles. The molecule has 0 saturated heterocycles. The van der Waals surface area contributed by atoms with E-state index in [0.717, 1.165) is 5.56 Å². The lowest BCUT2D eigenvalue weighted by Crippen LogP contribution is -2.36. The summed E-state index contributed by atoms with van der Waals surface area (Å²) in [4.78, 5) is 0.134. The quantitative estimate of drug-likeness (QED) is 0.816. The van der Waals surface area contributed by atoms with Crippen LogP contribution in [0.5, 0.6) is 0 Å². The molecule has 104 valence electrons. The fourth-order valence-electron chi connectivity index (χ4n) is 1.51. The van der Waals surface area contributed by atoms with Gasteiger partial charge in [-0.05, 0) is 23.1 Å². The van der Waals surface area contributed by atoms with Crippen LogP contribution in [0.1, 0.15) is 26.3 Å². The van der Waals surface area contributed by atoms with Crippen molar-refractivity contribution in [2.24, 2.45) is 0 Å². The first-order valence-corrected chi connectivity index (χ1v) is 7.39. The second-order valence-electron chi connectivity index (χ2n) is 5.30. The van der Waals surface area contributed by atoms with Crippen LogP contribution in [0.4, 0.5) is 0 Å². The Kier molecular flexibility index (Phi) is 4.75. The molecule has 0 fully saturated rings. The Labute approximate surface area is 114 Å². The number of benzene rings is 1. The van der Waals surface area contributed by atoms with E-state index in [1.807, 2.05) is 0 Å². The van der Waals surface area contributed by atoms with Crippen LogP contribution in [0, 0.1) is 12.3 Å². The SMILES string of the molecule is C#C[C@H](CO)NS(=O)(=O)c1ccc(C(C)(C)C)cc1. The largest absolute Gasteiger partial charge is 0.394 e. The number of aliphatic hydroxyl groups excluding tert-OH is 1. The van der Waals surface area contributed by atoms with E-state index in [-0.39, 0.29) is 10.3 Å². The Balaban J connectivity index is 3.01. The summed E-state index contributed by atoms with van der Waals surface area (Å²) in [5.41, 5.74) is 1.00. The molecule has 0 aliphatic carbocycles. The summed E-state index contributed by atoms with van der Waals surface area (Å²) in [5, 5.41) is 8.92. The fourth-order valence-corrected chi connectivity index (χ4v) is 2.66. The second kappa shape index (κ2) is 5.74. The molecule has 2 N–H and O–H groups in total. The van der Waals surface area contributed by atoms with E-state index < -0.39 is 22.7 Å². The Hall–Kier alpha value is -1.35. The van der Waals surface area contributed by atoms with Crippen molar-refractivity contribution >= 4 is 10.0 Å². The van der Waals surface area contributed by atoms with E-state index in [4.69, 9.17) is 11.5 Å². The number of rotatable bonds is 4. The first kappa shape index (κ1) is 15.7. The lowest BCUT2D eigenvalue weighted by atomic mass is 9.87. The van der Waals surface area contributed by atoms with Gasteiger partial charge in [0.2, 0.25) is 10.0 Å². The monoisotopic (exact) mass is 281 g/mol. The predicted octanol–water partition coefficient (Wildman–Crippen LogP) is 1.26. The van der Waals surface area contributed by atoms with Gasteiger partial charge < -0.3 is 5.11 Å². The first-order chi connectivity index (χ1) is 8.70. The smallest absolute Gasteiger partial charge is 0.241 e. The Morgan fingerprint density at radius 2 is 1.84 bits per heavy atom. The standard InChI is InChI=1S/C14H19NO3S/c1-5-12(10-16)15-19(17,18)13-8-6-11(7-9-13)14(2,3)4/h1,6-9,12,15-16H,10H2,2-4H3/t12-/m1/s1. The molecule has 1 atom stereocenters. The van der Waals surface area contributed by atoms with Gasteiger partial charge in [0.15, 0.2) is 0 Å². The molecule has 5 heteroatoms. The van der Waals surface area contributed by atoms with Crippen LogP contribution in [-0.4, -0.2) is 26.2 Å². The third-order valence-corrected chi connectivity index (χ3v) is 4.20. The second-order valence-corrected chi connectivity index (χ2v) is 7.01. The van der Waals surface area contributed by atoms with Crippen molar-refractivity contribution in [2.75, 3.05) is 6.61 Å². The predicted molar refractivity (Wildman–Crippen MR) is 75.2 cm³/mol. The molecule has 4 nitrogen and oxygen atoms in total. The zero-order valence-electron chi connectivity index (χ0n) is 11.3. The third kappa shape index (κ3) is 4.06.